The minimum absolute atomic E-state index is 0.887. The number of aldehydes is 1. The molecule has 0 fully saturated rings. The lowest BCUT2D eigenvalue weighted by molar-refractivity contribution is 0.112. The highest BCUT2D eigenvalue weighted by atomic mass is 16.1. The maximum Gasteiger partial charge on any atom is 0.150 e. The quantitative estimate of drug-likeness (QED) is 0.448. The van der Waals surface area contributed by atoms with Gasteiger partial charge in [-0.3, -0.25) is 4.79 Å². The Morgan fingerprint density at radius 1 is 1.00 bits per heavy atom. The molecular weight excluding hydrogens is 256 g/mol. The molecule has 1 nitrogen and oxygen atoms in total. The predicted molar refractivity (Wildman–Crippen MR) is 87.9 cm³/mol. The van der Waals surface area contributed by atoms with Gasteiger partial charge in [-0.25, -0.2) is 0 Å². The Kier molecular flexibility index (Phi) is 4.19. The molecule has 0 spiro atoms. The smallest absolute Gasteiger partial charge is 0.150 e. The first-order chi connectivity index (χ1) is 10.3. The van der Waals surface area contributed by atoms with E-state index in [1.165, 1.54) is 53.5 Å². The summed E-state index contributed by atoms with van der Waals surface area (Å²) in [5.74, 6) is 0. The first kappa shape index (κ1) is 14.1. The Balaban J connectivity index is 1.94. The van der Waals surface area contributed by atoms with Gasteiger partial charge in [0.15, 0.2) is 0 Å². The van der Waals surface area contributed by atoms with Gasteiger partial charge in [0, 0.05) is 5.56 Å². The number of benzene rings is 2. The van der Waals surface area contributed by atoms with Crippen molar-refractivity contribution < 1.29 is 4.79 Å². The average Bonchev–Trinajstić information content (AvgIpc) is 2.90. The normalized spacial score (nSPS) is 12.0. The van der Waals surface area contributed by atoms with Gasteiger partial charge in [-0.05, 0) is 47.1 Å². The van der Waals surface area contributed by atoms with Crippen molar-refractivity contribution in [3.05, 3.63) is 58.7 Å². The number of rotatable bonds is 6. The summed E-state index contributed by atoms with van der Waals surface area (Å²) in [6.07, 6.45) is 8.01. The lowest BCUT2D eigenvalue weighted by Gasteiger charge is -2.11. The molecule has 0 bridgehead atoms. The fraction of sp³-hybridized carbons (Fsp3) is 0.350. The Morgan fingerprint density at radius 2 is 1.86 bits per heavy atom. The second-order valence-corrected chi connectivity index (χ2v) is 5.92. The van der Waals surface area contributed by atoms with Crippen molar-refractivity contribution in [2.24, 2.45) is 0 Å². The van der Waals surface area contributed by atoms with Crippen LogP contribution in [0, 0.1) is 0 Å². The molecule has 2 aromatic rings. The fourth-order valence-corrected chi connectivity index (χ4v) is 3.43. The molecule has 0 unspecified atom stereocenters. The molecule has 0 amide bonds. The van der Waals surface area contributed by atoms with Gasteiger partial charge in [0.1, 0.15) is 6.29 Å². The number of carbonyl (C=O) groups is 1. The standard InChI is InChI=1S/C20H22O/c1-2-3-4-5-9-18-16(14-21)11-12-19-17-10-7-6-8-15(17)13-20(18)19/h6-8,10-12,14H,2-5,9,13H2,1H3. The van der Waals surface area contributed by atoms with E-state index in [1.54, 1.807) is 0 Å². The van der Waals surface area contributed by atoms with Gasteiger partial charge in [0.05, 0.1) is 0 Å². The van der Waals surface area contributed by atoms with Crippen LogP contribution in [0.4, 0.5) is 0 Å². The van der Waals surface area contributed by atoms with Crippen molar-refractivity contribution in [3.63, 3.8) is 0 Å². The molecule has 21 heavy (non-hydrogen) atoms. The van der Waals surface area contributed by atoms with Crippen molar-refractivity contribution in [3.8, 4) is 11.1 Å². The number of hydrogen-bond acceptors (Lipinski definition) is 1. The third kappa shape index (κ3) is 2.65. The summed E-state index contributed by atoms with van der Waals surface area (Å²) in [6.45, 7) is 2.23. The monoisotopic (exact) mass is 278 g/mol. The zero-order valence-corrected chi connectivity index (χ0v) is 12.7. The van der Waals surface area contributed by atoms with Gasteiger partial charge in [-0.2, -0.15) is 0 Å². The van der Waals surface area contributed by atoms with Crippen LogP contribution in [0.5, 0.6) is 0 Å². The molecule has 108 valence electrons. The Hall–Kier alpha value is -1.89. The topological polar surface area (TPSA) is 17.1 Å². The summed E-state index contributed by atoms with van der Waals surface area (Å²) in [5, 5.41) is 0. The molecule has 0 atom stereocenters. The van der Waals surface area contributed by atoms with E-state index in [0.717, 1.165) is 24.7 Å². The Bertz CT molecular complexity index is 655. The zero-order chi connectivity index (χ0) is 14.7. The van der Waals surface area contributed by atoms with Gasteiger partial charge in [-0.1, -0.05) is 62.6 Å². The summed E-state index contributed by atoms with van der Waals surface area (Å²) in [4.78, 5) is 11.4. The number of carbonyl (C=O) groups excluding carboxylic acids is 1. The van der Waals surface area contributed by atoms with Gasteiger partial charge in [0.25, 0.3) is 0 Å². The minimum atomic E-state index is 0.887. The number of fused-ring (bicyclic) bond motifs is 3. The first-order valence-corrected chi connectivity index (χ1v) is 8.03. The third-order valence-corrected chi connectivity index (χ3v) is 4.55. The van der Waals surface area contributed by atoms with Crippen molar-refractivity contribution in [1.29, 1.82) is 0 Å². The van der Waals surface area contributed by atoms with Crippen molar-refractivity contribution in [2.75, 3.05) is 0 Å². The molecule has 0 saturated heterocycles. The predicted octanol–water partition coefficient (Wildman–Crippen LogP) is 5.19. The van der Waals surface area contributed by atoms with Crippen LogP contribution in [0.2, 0.25) is 0 Å². The summed E-state index contributed by atoms with van der Waals surface area (Å²) in [7, 11) is 0. The summed E-state index contributed by atoms with van der Waals surface area (Å²) in [6, 6.07) is 12.7. The molecule has 0 aliphatic heterocycles. The van der Waals surface area contributed by atoms with E-state index >= 15 is 0 Å². The maximum absolute atomic E-state index is 11.4. The summed E-state index contributed by atoms with van der Waals surface area (Å²) >= 11 is 0. The second-order valence-electron chi connectivity index (χ2n) is 5.92. The van der Waals surface area contributed by atoms with Crippen molar-refractivity contribution in [2.45, 2.75) is 45.4 Å². The third-order valence-electron chi connectivity index (χ3n) is 4.55. The van der Waals surface area contributed by atoms with Crippen LogP contribution in [0.3, 0.4) is 0 Å². The average molecular weight is 278 g/mol. The van der Waals surface area contributed by atoms with Crippen molar-refractivity contribution in [1.82, 2.24) is 0 Å². The maximum atomic E-state index is 11.4. The van der Waals surface area contributed by atoms with E-state index in [-0.39, 0.29) is 0 Å². The number of unbranched alkanes of at least 4 members (excludes halogenated alkanes) is 3. The summed E-state index contributed by atoms with van der Waals surface area (Å²) in [5.41, 5.74) is 7.64. The number of hydrogen-bond donors (Lipinski definition) is 0. The summed E-state index contributed by atoms with van der Waals surface area (Å²) < 4.78 is 0. The van der Waals surface area contributed by atoms with Crippen molar-refractivity contribution >= 4 is 6.29 Å². The van der Waals surface area contributed by atoms with Gasteiger partial charge in [-0.15, -0.1) is 0 Å². The molecule has 0 saturated carbocycles. The fourth-order valence-electron chi connectivity index (χ4n) is 3.43. The van der Waals surface area contributed by atoms with Crippen LogP contribution in [-0.2, 0) is 12.8 Å². The van der Waals surface area contributed by atoms with E-state index in [0.29, 0.717) is 0 Å². The minimum Gasteiger partial charge on any atom is -0.298 e. The van der Waals surface area contributed by atoms with E-state index in [2.05, 4.69) is 37.3 Å². The van der Waals surface area contributed by atoms with E-state index in [4.69, 9.17) is 0 Å². The molecule has 0 N–H and O–H groups in total. The molecule has 0 radical (unpaired) electrons. The second kappa shape index (κ2) is 6.26. The lowest BCUT2D eigenvalue weighted by atomic mass is 9.92. The van der Waals surface area contributed by atoms with E-state index < -0.39 is 0 Å². The van der Waals surface area contributed by atoms with E-state index in [1.807, 2.05) is 6.07 Å². The van der Waals surface area contributed by atoms with E-state index in [9.17, 15) is 4.79 Å². The first-order valence-electron chi connectivity index (χ1n) is 8.03. The zero-order valence-electron chi connectivity index (χ0n) is 12.7. The molecule has 0 heterocycles. The Morgan fingerprint density at radius 3 is 2.67 bits per heavy atom. The highest BCUT2D eigenvalue weighted by Gasteiger charge is 2.22. The van der Waals surface area contributed by atoms with Crippen LogP contribution in [0.1, 0.15) is 59.7 Å². The van der Waals surface area contributed by atoms with Crippen LogP contribution < -0.4 is 0 Å². The van der Waals surface area contributed by atoms with Gasteiger partial charge < -0.3 is 0 Å². The lowest BCUT2D eigenvalue weighted by Crippen LogP contribution is -1.99. The largest absolute Gasteiger partial charge is 0.298 e. The SMILES string of the molecule is CCCCCCc1c(C=O)ccc2c1Cc1ccccc1-2. The van der Waals surface area contributed by atoms with Gasteiger partial charge in [0.2, 0.25) is 0 Å². The van der Waals surface area contributed by atoms with Crippen LogP contribution in [-0.4, -0.2) is 6.29 Å². The van der Waals surface area contributed by atoms with Crippen LogP contribution in [0.25, 0.3) is 11.1 Å². The Labute approximate surface area is 127 Å². The molecule has 1 aliphatic rings. The highest BCUT2D eigenvalue weighted by Crippen LogP contribution is 2.39. The van der Waals surface area contributed by atoms with Gasteiger partial charge >= 0.3 is 0 Å². The highest BCUT2D eigenvalue weighted by molar-refractivity contribution is 5.85. The molecule has 0 aromatic heterocycles. The molecule has 1 aliphatic carbocycles. The van der Waals surface area contributed by atoms with Crippen LogP contribution >= 0.6 is 0 Å². The molecule has 2 aromatic carbocycles. The van der Waals surface area contributed by atoms with Crippen LogP contribution in [0.15, 0.2) is 36.4 Å². The molecule has 3 rings (SSSR count). The molecule has 1 heteroatoms. The molecular formula is C20H22O.